The van der Waals surface area contributed by atoms with Gasteiger partial charge < -0.3 is 16.2 Å². The van der Waals surface area contributed by atoms with E-state index in [1.54, 1.807) is 6.20 Å². The van der Waals surface area contributed by atoms with Crippen LogP contribution in [0.15, 0.2) is 23.7 Å². The minimum absolute atomic E-state index is 0.258. The van der Waals surface area contributed by atoms with Crippen molar-refractivity contribution in [2.45, 2.75) is 6.54 Å². The fraction of sp³-hybridized carbons (Fsp3) is 0.0909. The van der Waals surface area contributed by atoms with Gasteiger partial charge >= 0.3 is 5.97 Å². The second-order valence-electron chi connectivity index (χ2n) is 3.47. The highest BCUT2D eigenvalue weighted by molar-refractivity contribution is 7.09. The summed E-state index contributed by atoms with van der Waals surface area (Å²) in [5, 5.41) is 14.5. The maximum Gasteiger partial charge on any atom is 0.340 e. The Balaban J connectivity index is 2.27. The number of aromatic carboxylic acids is 1. The SMILES string of the molecule is Nc1c(F)ccc(NCc2nccs2)c1C(=O)O. The lowest BCUT2D eigenvalue weighted by molar-refractivity contribution is 0.0698. The van der Waals surface area contributed by atoms with E-state index in [0.717, 1.165) is 11.1 Å². The highest BCUT2D eigenvalue weighted by Gasteiger charge is 2.17. The number of hydrogen-bond acceptors (Lipinski definition) is 5. The average Bonchev–Trinajstić information content (AvgIpc) is 2.83. The number of nitrogen functional groups attached to an aromatic ring is 1. The Morgan fingerprint density at radius 3 is 2.94 bits per heavy atom. The summed E-state index contributed by atoms with van der Waals surface area (Å²) in [4.78, 5) is 15.1. The zero-order valence-corrected chi connectivity index (χ0v) is 10.00. The molecule has 0 atom stereocenters. The maximum absolute atomic E-state index is 13.2. The zero-order chi connectivity index (χ0) is 13.1. The largest absolute Gasteiger partial charge is 0.478 e. The number of rotatable bonds is 4. The Bertz CT molecular complexity index is 572. The molecule has 94 valence electrons. The van der Waals surface area contributed by atoms with E-state index < -0.39 is 11.8 Å². The summed E-state index contributed by atoms with van der Waals surface area (Å²) in [7, 11) is 0. The summed E-state index contributed by atoms with van der Waals surface area (Å²) in [6.07, 6.45) is 1.65. The third-order valence-corrected chi connectivity index (χ3v) is 3.10. The lowest BCUT2D eigenvalue weighted by atomic mass is 10.1. The molecule has 1 aromatic heterocycles. The molecule has 0 amide bonds. The summed E-state index contributed by atoms with van der Waals surface area (Å²) >= 11 is 1.44. The fourth-order valence-electron chi connectivity index (χ4n) is 1.48. The average molecular weight is 267 g/mol. The topological polar surface area (TPSA) is 88.2 Å². The highest BCUT2D eigenvalue weighted by atomic mass is 32.1. The monoisotopic (exact) mass is 267 g/mol. The molecule has 0 spiro atoms. The van der Waals surface area contributed by atoms with Crippen LogP contribution in [0.2, 0.25) is 0 Å². The number of anilines is 2. The number of nitrogens with one attached hydrogen (secondary N) is 1. The van der Waals surface area contributed by atoms with Crippen molar-refractivity contribution in [3.05, 3.63) is 40.1 Å². The second-order valence-corrected chi connectivity index (χ2v) is 4.45. The molecule has 0 aliphatic rings. The van der Waals surface area contributed by atoms with Gasteiger partial charge in [0.15, 0.2) is 0 Å². The molecule has 18 heavy (non-hydrogen) atoms. The van der Waals surface area contributed by atoms with Crippen LogP contribution in [0.4, 0.5) is 15.8 Å². The van der Waals surface area contributed by atoms with Gasteiger partial charge in [0.1, 0.15) is 16.4 Å². The summed E-state index contributed by atoms with van der Waals surface area (Å²) in [6.45, 7) is 0.364. The molecule has 5 nitrogen and oxygen atoms in total. The molecule has 0 aliphatic heterocycles. The van der Waals surface area contributed by atoms with Gasteiger partial charge in [-0.25, -0.2) is 14.2 Å². The van der Waals surface area contributed by atoms with E-state index in [2.05, 4.69) is 10.3 Å². The quantitative estimate of drug-likeness (QED) is 0.739. The summed E-state index contributed by atoms with van der Waals surface area (Å²) in [5.74, 6) is -2.01. The highest BCUT2D eigenvalue weighted by Crippen LogP contribution is 2.25. The lowest BCUT2D eigenvalue weighted by Crippen LogP contribution is -2.10. The van der Waals surface area contributed by atoms with Crippen LogP contribution >= 0.6 is 11.3 Å². The molecule has 2 rings (SSSR count). The van der Waals surface area contributed by atoms with Gasteiger partial charge in [0.2, 0.25) is 0 Å². The third kappa shape index (κ3) is 2.40. The van der Waals surface area contributed by atoms with Gasteiger partial charge in [0, 0.05) is 11.6 Å². The Hall–Kier alpha value is -2.15. The number of halogens is 1. The van der Waals surface area contributed by atoms with Crippen LogP contribution in [0.3, 0.4) is 0 Å². The normalized spacial score (nSPS) is 10.3. The molecule has 0 saturated heterocycles. The van der Waals surface area contributed by atoms with Crippen molar-refractivity contribution in [3.8, 4) is 0 Å². The van der Waals surface area contributed by atoms with E-state index in [1.807, 2.05) is 5.38 Å². The van der Waals surface area contributed by atoms with Crippen molar-refractivity contribution in [2.24, 2.45) is 0 Å². The van der Waals surface area contributed by atoms with Crippen LogP contribution in [-0.2, 0) is 6.54 Å². The Morgan fingerprint density at radius 2 is 2.33 bits per heavy atom. The van der Waals surface area contributed by atoms with Crippen molar-refractivity contribution in [1.82, 2.24) is 4.98 Å². The minimum atomic E-state index is -1.27. The number of nitrogens with two attached hydrogens (primary N) is 1. The first-order valence-electron chi connectivity index (χ1n) is 5.03. The van der Waals surface area contributed by atoms with Gasteiger partial charge in [0.05, 0.1) is 17.9 Å². The molecule has 4 N–H and O–H groups in total. The third-order valence-electron chi connectivity index (χ3n) is 2.32. The number of carboxylic acids is 1. The second kappa shape index (κ2) is 5.01. The number of carbonyl (C=O) groups is 1. The number of carboxylic acid groups (broad SMARTS) is 1. The molecule has 0 unspecified atom stereocenters. The smallest absolute Gasteiger partial charge is 0.340 e. The lowest BCUT2D eigenvalue weighted by Gasteiger charge is -2.10. The Kier molecular flexibility index (Phi) is 3.42. The molecular formula is C11H10FN3O2S. The maximum atomic E-state index is 13.2. The van der Waals surface area contributed by atoms with Crippen molar-refractivity contribution >= 4 is 28.7 Å². The molecule has 0 saturated carbocycles. The van der Waals surface area contributed by atoms with E-state index in [1.165, 1.54) is 17.4 Å². The molecule has 0 bridgehead atoms. The van der Waals surface area contributed by atoms with Crippen LogP contribution < -0.4 is 11.1 Å². The van der Waals surface area contributed by atoms with Gasteiger partial charge in [-0.05, 0) is 12.1 Å². The van der Waals surface area contributed by atoms with Crippen molar-refractivity contribution in [2.75, 3.05) is 11.1 Å². The summed E-state index contributed by atoms with van der Waals surface area (Å²) < 4.78 is 13.2. The van der Waals surface area contributed by atoms with Gasteiger partial charge in [-0.2, -0.15) is 0 Å². The predicted molar refractivity (Wildman–Crippen MR) is 67.2 cm³/mol. The van der Waals surface area contributed by atoms with Gasteiger partial charge in [-0.3, -0.25) is 0 Å². The summed E-state index contributed by atoms with van der Waals surface area (Å²) in [5.41, 5.74) is 5.07. The van der Waals surface area contributed by atoms with E-state index in [-0.39, 0.29) is 16.9 Å². The van der Waals surface area contributed by atoms with E-state index in [9.17, 15) is 9.18 Å². The first-order chi connectivity index (χ1) is 8.59. The number of aromatic nitrogens is 1. The van der Waals surface area contributed by atoms with Crippen molar-refractivity contribution in [1.29, 1.82) is 0 Å². The van der Waals surface area contributed by atoms with E-state index in [4.69, 9.17) is 10.8 Å². The molecule has 2 aromatic rings. The number of nitrogens with zero attached hydrogens (tertiary/aromatic N) is 1. The van der Waals surface area contributed by atoms with E-state index >= 15 is 0 Å². The van der Waals surface area contributed by atoms with Crippen molar-refractivity contribution < 1.29 is 14.3 Å². The van der Waals surface area contributed by atoms with Gasteiger partial charge in [-0.15, -0.1) is 11.3 Å². The Labute approximate surface area is 106 Å². The van der Waals surface area contributed by atoms with Crippen LogP contribution in [0, 0.1) is 5.82 Å². The van der Waals surface area contributed by atoms with Crippen molar-refractivity contribution in [3.63, 3.8) is 0 Å². The molecule has 0 radical (unpaired) electrons. The number of thiazole rings is 1. The molecule has 0 fully saturated rings. The first kappa shape index (κ1) is 12.3. The molecule has 0 aliphatic carbocycles. The first-order valence-corrected chi connectivity index (χ1v) is 5.91. The van der Waals surface area contributed by atoms with Gasteiger partial charge in [-0.1, -0.05) is 0 Å². The molecule has 1 aromatic carbocycles. The van der Waals surface area contributed by atoms with Crippen LogP contribution in [0.1, 0.15) is 15.4 Å². The van der Waals surface area contributed by atoms with Gasteiger partial charge in [0.25, 0.3) is 0 Å². The minimum Gasteiger partial charge on any atom is -0.478 e. The predicted octanol–water partition coefficient (Wildman–Crippen LogP) is 2.17. The molecular weight excluding hydrogens is 257 g/mol. The number of hydrogen-bond donors (Lipinski definition) is 3. The standard InChI is InChI=1S/C11H10FN3O2S/c12-6-1-2-7(9(10(6)13)11(16)17)15-5-8-14-3-4-18-8/h1-4,15H,5,13H2,(H,16,17). The van der Waals surface area contributed by atoms with E-state index in [0.29, 0.717) is 6.54 Å². The zero-order valence-electron chi connectivity index (χ0n) is 9.18. The van der Waals surface area contributed by atoms with Crippen LogP contribution in [0.5, 0.6) is 0 Å². The molecule has 1 heterocycles. The fourth-order valence-corrected chi connectivity index (χ4v) is 2.04. The molecule has 7 heteroatoms. The summed E-state index contributed by atoms with van der Waals surface area (Å²) in [6, 6.07) is 2.48. The number of benzene rings is 1. The van der Waals surface area contributed by atoms with Crippen LogP contribution in [-0.4, -0.2) is 16.1 Å². The van der Waals surface area contributed by atoms with Crippen LogP contribution in [0.25, 0.3) is 0 Å². The Morgan fingerprint density at radius 1 is 1.56 bits per heavy atom.